The summed E-state index contributed by atoms with van der Waals surface area (Å²) in [5.41, 5.74) is 1.61. The van der Waals surface area contributed by atoms with Crippen molar-refractivity contribution in [1.82, 2.24) is 10.2 Å². The Bertz CT molecular complexity index is 947. The highest BCUT2D eigenvalue weighted by molar-refractivity contribution is 6.37. The summed E-state index contributed by atoms with van der Waals surface area (Å²) in [5, 5.41) is 3.29. The molecule has 31 heavy (non-hydrogen) atoms. The number of methoxy groups -OCH3 is 2. The monoisotopic (exact) mass is 446 g/mol. The molecule has 0 spiro atoms. The predicted octanol–water partition coefficient (Wildman–Crippen LogP) is 2.67. The van der Waals surface area contributed by atoms with Gasteiger partial charge in [-0.2, -0.15) is 0 Å². The maximum atomic E-state index is 12.4. The van der Waals surface area contributed by atoms with Crippen LogP contribution in [0.5, 0.6) is 11.5 Å². The summed E-state index contributed by atoms with van der Waals surface area (Å²) in [5.74, 6) is -0.418. The van der Waals surface area contributed by atoms with Gasteiger partial charge in [0.05, 0.1) is 14.2 Å². The Hall–Kier alpha value is -3.06. The van der Waals surface area contributed by atoms with Crippen LogP contribution in [0.25, 0.3) is 0 Å². The van der Waals surface area contributed by atoms with Crippen molar-refractivity contribution in [3.8, 4) is 11.5 Å². The number of nitrogens with zero attached hydrogens (tertiary/aromatic N) is 1. The smallest absolute Gasteiger partial charge is 0.290 e. The lowest BCUT2D eigenvalue weighted by Crippen LogP contribution is -2.48. The zero-order valence-corrected chi connectivity index (χ0v) is 18.9. The van der Waals surface area contributed by atoms with E-state index in [0.29, 0.717) is 35.1 Å². The molecule has 2 amide bonds. The van der Waals surface area contributed by atoms with Gasteiger partial charge >= 0.3 is 0 Å². The molecule has 0 heterocycles. The molecule has 0 saturated carbocycles. The van der Waals surface area contributed by atoms with Crippen molar-refractivity contribution in [3.63, 3.8) is 0 Å². The molecule has 0 aromatic heterocycles. The van der Waals surface area contributed by atoms with Gasteiger partial charge < -0.3 is 19.7 Å². The molecule has 0 saturated heterocycles. The molecule has 2 aromatic carbocycles. The first kappa shape index (κ1) is 24.2. The van der Waals surface area contributed by atoms with E-state index in [4.69, 9.17) is 21.1 Å². The minimum Gasteiger partial charge on any atom is -0.493 e. The summed E-state index contributed by atoms with van der Waals surface area (Å²) >= 11 is 5.91. The molecule has 0 unspecified atom stereocenters. The molecule has 0 aliphatic heterocycles. The summed E-state index contributed by atoms with van der Waals surface area (Å²) in [6.45, 7) is 1.95. The molecular weight excluding hydrogens is 420 g/mol. The Morgan fingerprint density at radius 3 is 2.39 bits per heavy atom. The van der Waals surface area contributed by atoms with Gasteiger partial charge in [-0.25, -0.2) is 0 Å². The van der Waals surface area contributed by atoms with Crippen molar-refractivity contribution in [2.24, 2.45) is 0 Å². The van der Waals surface area contributed by atoms with Gasteiger partial charge in [0.1, 0.15) is 6.04 Å². The number of halogens is 1. The van der Waals surface area contributed by atoms with E-state index in [-0.39, 0.29) is 12.3 Å². The molecule has 0 fully saturated rings. The lowest BCUT2D eigenvalue weighted by Gasteiger charge is -2.23. The Balaban J connectivity index is 1.87. The molecule has 8 heteroatoms. The Kier molecular flexibility index (Phi) is 8.88. The highest BCUT2D eigenvalue weighted by Crippen LogP contribution is 2.27. The second-order valence-corrected chi connectivity index (χ2v) is 7.49. The van der Waals surface area contributed by atoms with Crippen molar-refractivity contribution < 1.29 is 23.9 Å². The Labute approximate surface area is 187 Å². The zero-order valence-electron chi connectivity index (χ0n) is 18.1. The van der Waals surface area contributed by atoms with Crippen LogP contribution < -0.4 is 14.8 Å². The van der Waals surface area contributed by atoms with Crippen LogP contribution in [-0.2, 0) is 27.2 Å². The number of carbonyl (C=O) groups is 3. The maximum absolute atomic E-state index is 12.4. The van der Waals surface area contributed by atoms with Crippen LogP contribution >= 0.6 is 11.6 Å². The van der Waals surface area contributed by atoms with Crippen molar-refractivity contribution in [2.75, 3.05) is 27.8 Å². The number of benzene rings is 2. The van der Waals surface area contributed by atoms with E-state index in [1.54, 1.807) is 51.5 Å². The largest absolute Gasteiger partial charge is 0.493 e. The van der Waals surface area contributed by atoms with Gasteiger partial charge in [0, 0.05) is 25.0 Å². The lowest BCUT2D eigenvalue weighted by molar-refractivity contribution is -0.146. The molecule has 0 aliphatic carbocycles. The standard InChI is InChI=1S/C23H27ClN2O5/c1-15(26(2)23(29)19(27)13-17-6-5-7-18(24)12-17)22(28)25-11-10-16-8-9-20(30-3)21(14-16)31-4/h5-9,12,14-15H,10-11,13H2,1-4H3,(H,25,28)/t15-/m0/s1. The van der Waals surface area contributed by atoms with E-state index in [1.165, 1.54) is 7.05 Å². The number of rotatable bonds is 10. The van der Waals surface area contributed by atoms with E-state index in [0.717, 1.165) is 10.5 Å². The number of amides is 2. The third-order valence-corrected chi connectivity index (χ3v) is 5.17. The van der Waals surface area contributed by atoms with Crippen molar-refractivity contribution >= 4 is 29.2 Å². The highest BCUT2D eigenvalue weighted by atomic mass is 35.5. The van der Waals surface area contributed by atoms with E-state index >= 15 is 0 Å². The second kappa shape index (κ2) is 11.4. The summed E-state index contributed by atoms with van der Waals surface area (Å²) in [4.78, 5) is 38.4. The number of nitrogens with one attached hydrogen (secondary N) is 1. The molecule has 1 atom stereocenters. The fourth-order valence-corrected chi connectivity index (χ4v) is 3.18. The third-order valence-electron chi connectivity index (χ3n) is 4.93. The first-order valence-electron chi connectivity index (χ1n) is 9.79. The minimum absolute atomic E-state index is 0.0720. The normalized spacial score (nSPS) is 11.4. The van der Waals surface area contributed by atoms with Crippen LogP contribution in [-0.4, -0.2) is 56.4 Å². The molecule has 2 rings (SSSR count). The number of carbonyl (C=O) groups excluding carboxylic acids is 3. The molecule has 2 aromatic rings. The van der Waals surface area contributed by atoms with Crippen LogP contribution in [0, 0.1) is 0 Å². The van der Waals surface area contributed by atoms with Gasteiger partial charge in [0.15, 0.2) is 11.5 Å². The highest BCUT2D eigenvalue weighted by Gasteiger charge is 2.26. The van der Waals surface area contributed by atoms with Gasteiger partial charge in [0.2, 0.25) is 11.7 Å². The summed E-state index contributed by atoms with van der Waals surface area (Å²) < 4.78 is 10.5. The van der Waals surface area contributed by atoms with Crippen LogP contribution in [0.3, 0.4) is 0 Å². The summed E-state index contributed by atoms with van der Waals surface area (Å²) in [7, 11) is 4.57. The summed E-state index contributed by atoms with van der Waals surface area (Å²) in [6.07, 6.45) is 0.502. The van der Waals surface area contributed by atoms with Crippen LogP contribution in [0.2, 0.25) is 5.02 Å². The van der Waals surface area contributed by atoms with Gasteiger partial charge in [-0.05, 0) is 48.7 Å². The molecule has 0 radical (unpaired) electrons. The second-order valence-electron chi connectivity index (χ2n) is 7.05. The Morgan fingerprint density at radius 2 is 1.74 bits per heavy atom. The molecule has 0 aliphatic rings. The first-order chi connectivity index (χ1) is 14.8. The van der Waals surface area contributed by atoms with Crippen molar-refractivity contribution in [1.29, 1.82) is 0 Å². The molecule has 166 valence electrons. The zero-order chi connectivity index (χ0) is 23.0. The van der Waals surface area contributed by atoms with Gasteiger partial charge in [-0.15, -0.1) is 0 Å². The molecular formula is C23H27ClN2O5. The number of hydrogen-bond acceptors (Lipinski definition) is 5. The average Bonchev–Trinajstić information content (AvgIpc) is 2.77. The average molecular weight is 447 g/mol. The van der Waals surface area contributed by atoms with Gasteiger partial charge in [0.25, 0.3) is 5.91 Å². The lowest BCUT2D eigenvalue weighted by atomic mass is 10.1. The fraction of sp³-hybridized carbons (Fsp3) is 0.348. The SMILES string of the molecule is COc1ccc(CCNC(=O)[C@H](C)N(C)C(=O)C(=O)Cc2cccc(Cl)c2)cc1OC. The van der Waals surface area contributed by atoms with Crippen molar-refractivity contribution in [3.05, 3.63) is 58.6 Å². The minimum atomic E-state index is -0.791. The first-order valence-corrected chi connectivity index (χ1v) is 10.2. The summed E-state index contributed by atoms with van der Waals surface area (Å²) in [6, 6.07) is 11.5. The number of ketones is 1. The number of ether oxygens (including phenoxy) is 2. The molecule has 7 nitrogen and oxygen atoms in total. The van der Waals surface area contributed by atoms with Crippen LogP contribution in [0.4, 0.5) is 0 Å². The van der Waals surface area contributed by atoms with Crippen LogP contribution in [0.15, 0.2) is 42.5 Å². The third kappa shape index (κ3) is 6.72. The molecule has 1 N–H and O–H groups in total. The van der Waals surface area contributed by atoms with Gasteiger partial charge in [-0.1, -0.05) is 29.8 Å². The van der Waals surface area contributed by atoms with E-state index < -0.39 is 17.7 Å². The number of Topliss-reactive ketones (excluding diaryl/α,β-unsaturated/α-hetero) is 1. The van der Waals surface area contributed by atoms with Gasteiger partial charge in [-0.3, -0.25) is 14.4 Å². The van der Waals surface area contributed by atoms with Crippen LogP contribution in [0.1, 0.15) is 18.1 Å². The van der Waals surface area contributed by atoms with E-state index in [2.05, 4.69) is 5.32 Å². The van der Waals surface area contributed by atoms with E-state index in [9.17, 15) is 14.4 Å². The quantitative estimate of drug-likeness (QED) is 0.567. The fourth-order valence-electron chi connectivity index (χ4n) is 2.97. The Morgan fingerprint density at radius 1 is 1.03 bits per heavy atom. The van der Waals surface area contributed by atoms with E-state index in [1.807, 2.05) is 12.1 Å². The molecule has 0 bridgehead atoms. The number of likely N-dealkylation sites (N-methyl/N-ethyl adjacent to an activating group) is 1. The topological polar surface area (TPSA) is 84.9 Å². The van der Waals surface area contributed by atoms with Crippen molar-refractivity contribution in [2.45, 2.75) is 25.8 Å². The maximum Gasteiger partial charge on any atom is 0.290 e. The number of hydrogen-bond donors (Lipinski definition) is 1. The predicted molar refractivity (Wildman–Crippen MR) is 119 cm³/mol.